The van der Waals surface area contributed by atoms with Gasteiger partial charge in [0.15, 0.2) is 0 Å². The first-order valence-corrected chi connectivity index (χ1v) is 6.19. The highest BCUT2D eigenvalue weighted by molar-refractivity contribution is 7.98. The highest BCUT2D eigenvalue weighted by atomic mass is 32.2. The number of carbonyl (C=O) groups is 1. The van der Waals surface area contributed by atoms with E-state index in [1.165, 1.54) is 6.07 Å². The van der Waals surface area contributed by atoms with E-state index in [1.807, 2.05) is 0 Å². The van der Waals surface area contributed by atoms with E-state index in [4.69, 9.17) is 10.8 Å². The van der Waals surface area contributed by atoms with Crippen LogP contribution in [0.2, 0.25) is 0 Å². The van der Waals surface area contributed by atoms with Crippen molar-refractivity contribution in [3.63, 3.8) is 0 Å². The van der Waals surface area contributed by atoms with Crippen LogP contribution < -0.4 is 5.73 Å². The van der Waals surface area contributed by atoms with Crippen molar-refractivity contribution < 1.29 is 18.7 Å². The van der Waals surface area contributed by atoms with Gasteiger partial charge in [0.25, 0.3) is 0 Å². The molecule has 6 heteroatoms. The van der Waals surface area contributed by atoms with Crippen molar-refractivity contribution in [3.8, 4) is 0 Å². The minimum absolute atomic E-state index is 0.001000. The summed E-state index contributed by atoms with van der Waals surface area (Å²) in [4.78, 5) is 10.7. The number of rotatable bonds is 5. The molecule has 94 valence electrons. The molecule has 0 aliphatic rings. The molecule has 1 aromatic carbocycles. The van der Waals surface area contributed by atoms with Gasteiger partial charge in [-0.1, -0.05) is 0 Å². The van der Waals surface area contributed by atoms with Gasteiger partial charge in [0.2, 0.25) is 0 Å². The summed E-state index contributed by atoms with van der Waals surface area (Å²) < 4.78 is 27.3. The van der Waals surface area contributed by atoms with Gasteiger partial charge in [-0.2, -0.15) is 0 Å². The topological polar surface area (TPSA) is 63.3 Å². The second kappa shape index (κ2) is 5.97. The molecule has 3 nitrogen and oxygen atoms in total. The molecular formula is C11H13F2NO2S. The minimum atomic E-state index is -1.04. The first-order chi connectivity index (χ1) is 7.97. The van der Waals surface area contributed by atoms with E-state index in [9.17, 15) is 13.6 Å². The SMILES string of the molecule is CSc1ccc(F)c(C(N)CCC(=O)O)c1F. The molecule has 0 heterocycles. The summed E-state index contributed by atoms with van der Waals surface area (Å²) in [5.74, 6) is -2.48. The molecule has 0 amide bonds. The highest BCUT2D eigenvalue weighted by Crippen LogP contribution is 2.29. The molecule has 1 unspecified atom stereocenters. The van der Waals surface area contributed by atoms with Crippen molar-refractivity contribution in [1.82, 2.24) is 0 Å². The zero-order valence-corrected chi connectivity index (χ0v) is 10.1. The van der Waals surface area contributed by atoms with Crippen LogP contribution in [0.15, 0.2) is 17.0 Å². The second-order valence-corrected chi connectivity index (χ2v) is 4.36. The van der Waals surface area contributed by atoms with Crippen molar-refractivity contribution in [2.24, 2.45) is 5.73 Å². The zero-order valence-electron chi connectivity index (χ0n) is 9.24. The van der Waals surface area contributed by atoms with Crippen LogP contribution in [0.5, 0.6) is 0 Å². The molecule has 0 saturated carbocycles. The normalized spacial score (nSPS) is 12.5. The van der Waals surface area contributed by atoms with E-state index in [0.717, 1.165) is 17.8 Å². The highest BCUT2D eigenvalue weighted by Gasteiger charge is 2.20. The number of halogens is 2. The molecule has 0 bridgehead atoms. The Labute approximate surface area is 102 Å². The Bertz CT molecular complexity index is 426. The first kappa shape index (κ1) is 13.9. The molecule has 0 fully saturated rings. The third-order valence-corrected chi connectivity index (χ3v) is 3.11. The van der Waals surface area contributed by atoms with Gasteiger partial charge in [-0.3, -0.25) is 4.79 Å². The first-order valence-electron chi connectivity index (χ1n) is 4.96. The number of hydrogen-bond acceptors (Lipinski definition) is 3. The Hall–Kier alpha value is -1.14. The molecular weight excluding hydrogens is 248 g/mol. The van der Waals surface area contributed by atoms with Gasteiger partial charge >= 0.3 is 5.97 Å². The molecule has 1 atom stereocenters. The summed E-state index contributed by atoms with van der Waals surface area (Å²) in [7, 11) is 0. The van der Waals surface area contributed by atoms with Gasteiger partial charge in [-0.25, -0.2) is 8.78 Å². The predicted octanol–water partition coefficient (Wildman–Crippen LogP) is 2.55. The van der Waals surface area contributed by atoms with Gasteiger partial charge in [0.05, 0.1) is 0 Å². The Morgan fingerprint density at radius 1 is 1.53 bits per heavy atom. The number of thioether (sulfide) groups is 1. The number of hydrogen-bond donors (Lipinski definition) is 2. The van der Waals surface area contributed by atoms with Crippen LogP contribution in [0.3, 0.4) is 0 Å². The third-order valence-electron chi connectivity index (χ3n) is 2.35. The lowest BCUT2D eigenvalue weighted by molar-refractivity contribution is -0.137. The van der Waals surface area contributed by atoms with Crippen LogP contribution in [-0.4, -0.2) is 17.3 Å². The molecule has 0 aliphatic heterocycles. The minimum Gasteiger partial charge on any atom is -0.481 e. The lowest BCUT2D eigenvalue weighted by Crippen LogP contribution is -2.16. The van der Waals surface area contributed by atoms with Crippen molar-refractivity contribution >= 4 is 17.7 Å². The Morgan fingerprint density at radius 2 is 2.18 bits per heavy atom. The van der Waals surface area contributed by atoms with Crippen LogP contribution in [0, 0.1) is 11.6 Å². The van der Waals surface area contributed by atoms with Crippen molar-refractivity contribution in [2.75, 3.05) is 6.26 Å². The number of carboxylic acids is 1. The summed E-state index contributed by atoms with van der Waals surface area (Å²) in [6.45, 7) is 0. The monoisotopic (exact) mass is 261 g/mol. The quantitative estimate of drug-likeness (QED) is 0.799. The molecule has 0 spiro atoms. The molecule has 17 heavy (non-hydrogen) atoms. The lowest BCUT2D eigenvalue weighted by Gasteiger charge is -2.14. The van der Waals surface area contributed by atoms with Gasteiger partial charge in [-0.05, 0) is 24.8 Å². The van der Waals surface area contributed by atoms with Gasteiger partial charge in [0, 0.05) is 22.9 Å². The number of benzene rings is 1. The van der Waals surface area contributed by atoms with E-state index in [-0.39, 0.29) is 18.4 Å². The fourth-order valence-electron chi connectivity index (χ4n) is 1.47. The molecule has 1 aromatic rings. The largest absolute Gasteiger partial charge is 0.481 e. The Kier molecular flexibility index (Phi) is 4.89. The fourth-order valence-corrected chi connectivity index (χ4v) is 1.96. The fraction of sp³-hybridized carbons (Fsp3) is 0.364. The van der Waals surface area contributed by atoms with Gasteiger partial charge < -0.3 is 10.8 Å². The maximum atomic E-state index is 13.8. The van der Waals surface area contributed by atoms with E-state index < -0.39 is 23.6 Å². The maximum absolute atomic E-state index is 13.8. The molecule has 0 radical (unpaired) electrons. The third kappa shape index (κ3) is 3.41. The zero-order chi connectivity index (χ0) is 13.0. The van der Waals surface area contributed by atoms with Crippen molar-refractivity contribution in [2.45, 2.75) is 23.8 Å². The number of aliphatic carboxylic acids is 1. The molecule has 1 rings (SSSR count). The van der Waals surface area contributed by atoms with Crippen LogP contribution in [0.1, 0.15) is 24.4 Å². The summed E-state index contributed by atoms with van der Waals surface area (Å²) in [5, 5.41) is 8.50. The van der Waals surface area contributed by atoms with Crippen molar-refractivity contribution in [1.29, 1.82) is 0 Å². The molecule has 3 N–H and O–H groups in total. The van der Waals surface area contributed by atoms with E-state index in [0.29, 0.717) is 4.90 Å². The Balaban J connectivity index is 2.99. The van der Waals surface area contributed by atoms with E-state index in [2.05, 4.69) is 0 Å². The summed E-state index contributed by atoms with van der Waals surface area (Å²) in [6.07, 6.45) is 1.45. The van der Waals surface area contributed by atoms with Gasteiger partial charge in [-0.15, -0.1) is 11.8 Å². The number of carboxylic acid groups (broad SMARTS) is 1. The van der Waals surface area contributed by atoms with Crippen LogP contribution in [-0.2, 0) is 4.79 Å². The van der Waals surface area contributed by atoms with Crippen LogP contribution in [0.4, 0.5) is 8.78 Å². The van der Waals surface area contributed by atoms with E-state index in [1.54, 1.807) is 6.26 Å². The van der Waals surface area contributed by atoms with Crippen LogP contribution >= 0.6 is 11.8 Å². The second-order valence-electron chi connectivity index (χ2n) is 3.52. The Morgan fingerprint density at radius 3 is 2.71 bits per heavy atom. The van der Waals surface area contributed by atoms with Crippen molar-refractivity contribution in [3.05, 3.63) is 29.3 Å². The molecule has 0 aromatic heterocycles. The van der Waals surface area contributed by atoms with E-state index >= 15 is 0 Å². The average molecular weight is 261 g/mol. The standard InChI is InChI=1S/C11H13F2NO2S/c1-17-8-4-2-6(12)10(11(8)13)7(14)3-5-9(15)16/h2,4,7H,3,5,14H2,1H3,(H,15,16). The summed E-state index contributed by atoms with van der Waals surface area (Å²) in [6, 6.07) is 1.53. The molecule has 0 saturated heterocycles. The average Bonchev–Trinajstić information content (AvgIpc) is 2.26. The summed E-state index contributed by atoms with van der Waals surface area (Å²) in [5.41, 5.74) is 5.38. The number of nitrogens with two attached hydrogens (primary N) is 1. The molecule has 0 aliphatic carbocycles. The maximum Gasteiger partial charge on any atom is 0.303 e. The summed E-state index contributed by atoms with van der Waals surface area (Å²) >= 11 is 1.15. The lowest BCUT2D eigenvalue weighted by atomic mass is 10.0. The smallest absolute Gasteiger partial charge is 0.303 e. The van der Waals surface area contributed by atoms with Crippen LogP contribution in [0.25, 0.3) is 0 Å². The van der Waals surface area contributed by atoms with Gasteiger partial charge in [0.1, 0.15) is 11.6 Å². The predicted molar refractivity (Wildman–Crippen MR) is 61.9 cm³/mol.